The topological polar surface area (TPSA) is 183 Å². The smallest absolute Gasteiger partial charge is 0.377 e. The Kier molecular flexibility index (Phi) is 30.6. The van der Waals surface area contributed by atoms with E-state index in [0.717, 1.165) is 88.7 Å². The summed E-state index contributed by atoms with van der Waals surface area (Å²) in [4.78, 5) is 0. The average molecular weight is 1530 g/mol. The highest BCUT2D eigenvalue weighted by atomic mass is 28.4. The summed E-state index contributed by atoms with van der Waals surface area (Å²) in [6.45, 7) is 29.6. The molecule has 3 aromatic heterocycles. The van der Waals surface area contributed by atoms with E-state index >= 15 is 0 Å². The van der Waals surface area contributed by atoms with Crippen molar-refractivity contribution in [2.45, 2.75) is 251 Å². The van der Waals surface area contributed by atoms with Crippen LogP contribution in [-0.4, -0.2) is 109 Å². The Morgan fingerprint density at radius 1 is 0.445 bits per heavy atom. The Morgan fingerprint density at radius 2 is 0.864 bits per heavy atom. The SMILES string of the molecule is C.C.CCC1[C@H]2CCc3cnnc(-c4ccc(C)cc4)c3CC[C@@H]12.CCC1[C@H]2CCc3cnnc(-c4ccc(C)cc4)c3CC[C@@H]12.CO[Si](CCC1CC2C=CC1C2)(OC(C)C)OC(C)C.CO[Si](CCC1CC2CC1C1C=NN=C(c3ccc(C)cc3)C21)(OC(C)C)OC(C)C.Cc1ccc(-c2nncnn2)cc1. The van der Waals surface area contributed by atoms with Gasteiger partial charge in [-0.15, -0.1) is 20.4 Å². The van der Waals surface area contributed by atoms with Gasteiger partial charge in [-0.3, -0.25) is 0 Å². The van der Waals surface area contributed by atoms with Gasteiger partial charge in [0, 0.05) is 85.5 Å². The standard InChI is InChI=1S/C25H38N2O3Si.2C20H24N2.C16H30O3Si.C9H8N4.2CH4/c1-16(2)29-31(28-6,30-17(3)4)12-11-20-13-21-14-22(20)23-15-26-27-25(24(21)23)19-9-7-18(5)8-10-19;2*1-3-16-18-9-8-15-12-21-22-20(17(15)10-11-19(16)18)14-6-4-13(2)5-7-14;1-12(2)18-20(17-5,19-13(3)4)9-8-16-11-14-6-7-15(16)10-14;1-7-2-4-8(5-3-7)9-12-10-6-11-13-9;;/h7-10,15-17,20-24H,11-14H2,1-6H3;2*4-7,12,16,18-19H,3,8-11H2,1-2H3;6-7,12-16H,8-11H2,1-5H3;2-6H,1H3;2*1H4/t;2*16?,18-,19+;;;;/m.11..../s1. The molecular weight excluding hydrogens is 1400 g/mol. The maximum Gasteiger partial charge on any atom is 0.501 e. The minimum absolute atomic E-state index is 0. The third kappa shape index (κ3) is 21.4. The van der Waals surface area contributed by atoms with Crippen LogP contribution in [0, 0.1) is 111 Å². The lowest BCUT2D eigenvalue weighted by Gasteiger charge is -2.37. The molecule has 4 bridgehead atoms. The van der Waals surface area contributed by atoms with Crippen LogP contribution in [0.15, 0.2) is 138 Å². The minimum Gasteiger partial charge on any atom is -0.377 e. The van der Waals surface area contributed by atoms with Crippen LogP contribution in [0.5, 0.6) is 0 Å². The molecule has 7 aromatic rings. The normalized spacial score (nSPS) is 25.4. The second-order valence-electron chi connectivity index (χ2n) is 33.7. The fourth-order valence-corrected chi connectivity index (χ4v) is 25.5. The van der Waals surface area contributed by atoms with Gasteiger partial charge in [-0.2, -0.15) is 30.6 Å². The van der Waals surface area contributed by atoms with E-state index < -0.39 is 17.6 Å². The first kappa shape index (κ1) is 85.7. The van der Waals surface area contributed by atoms with Gasteiger partial charge in [0.25, 0.3) is 0 Å². The van der Waals surface area contributed by atoms with Gasteiger partial charge in [-0.1, -0.05) is 173 Å². The molecule has 10 unspecified atom stereocenters. The summed E-state index contributed by atoms with van der Waals surface area (Å²) >= 11 is 0. The number of hydrogen-bond donors (Lipinski definition) is 0. The lowest BCUT2D eigenvalue weighted by atomic mass is 9.70. The van der Waals surface area contributed by atoms with Crippen molar-refractivity contribution in [1.29, 1.82) is 0 Å². The van der Waals surface area contributed by atoms with Crippen LogP contribution < -0.4 is 0 Å². The Labute approximate surface area is 663 Å². The van der Waals surface area contributed by atoms with Crippen molar-refractivity contribution in [2.75, 3.05) is 14.2 Å². The fourth-order valence-electron chi connectivity index (χ4n) is 19.8. The molecule has 18 heteroatoms. The maximum absolute atomic E-state index is 6.28. The quantitative estimate of drug-likeness (QED) is 0.0461. The summed E-state index contributed by atoms with van der Waals surface area (Å²) in [5.74, 6) is 11.9. The Hall–Kier alpha value is -6.75. The second kappa shape index (κ2) is 39.3. The lowest BCUT2D eigenvalue weighted by Crippen LogP contribution is -2.49. The Morgan fingerprint density at radius 3 is 1.26 bits per heavy atom. The van der Waals surface area contributed by atoms with Gasteiger partial charge in [0.05, 0.1) is 29.5 Å². The highest BCUT2D eigenvalue weighted by Gasteiger charge is 2.56. The van der Waals surface area contributed by atoms with Crippen LogP contribution in [0.4, 0.5) is 0 Å². The molecule has 8 aliphatic carbocycles. The number of allylic oxidation sites excluding steroid dienone is 2. The molecule has 16 nitrogen and oxygen atoms in total. The number of aryl methyl sites for hydroxylation is 6. The van der Waals surface area contributed by atoms with E-state index in [4.69, 9.17) is 26.6 Å². The summed E-state index contributed by atoms with van der Waals surface area (Å²) < 4.78 is 36.5. The molecule has 9 aliphatic rings. The van der Waals surface area contributed by atoms with E-state index in [-0.39, 0.29) is 39.3 Å². The number of benzene rings is 4. The molecular formula is C92H132N10O6Si2. The molecule has 16 rings (SSSR count). The van der Waals surface area contributed by atoms with E-state index in [1.165, 1.54) is 170 Å². The first-order valence-electron chi connectivity index (χ1n) is 41.2. The predicted octanol–water partition coefficient (Wildman–Crippen LogP) is 21.2. The lowest BCUT2D eigenvalue weighted by molar-refractivity contribution is 0.0299. The number of fused-ring (bicyclic) bond motifs is 11. The first-order valence-corrected chi connectivity index (χ1v) is 45.1. The molecule has 594 valence electrons. The van der Waals surface area contributed by atoms with Gasteiger partial charge in [-0.05, 0) is 272 Å². The molecule has 0 N–H and O–H groups in total. The van der Waals surface area contributed by atoms with E-state index in [1.807, 2.05) is 43.6 Å². The van der Waals surface area contributed by atoms with Crippen molar-refractivity contribution in [1.82, 2.24) is 40.8 Å². The Bertz CT molecular complexity index is 3960. The largest absolute Gasteiger partial charge is 0.501 e. The molecule has 0 radical (unpaired) electrons. The monoisotopic (exact) mass is 1530 g/mol. The molecule has 1 aliphatic heterocycles. The van der Waals surface area contributed by atoms with Crippen LogP contribution in [0.25, 0.3) is 33.9 Å². The molecule has 110 heavy (non-hydrogen) atoms. The van der Waals surface area contributed by atoms with Gasteiger partial charge >= 0.3 is 17.6 Å². The summed E-state index contributed by atoms with van der Waals surface area (Å²) in [6.07, 6.45) is 33.1. The van der Waals surface area contributed by atoms with Crippen molar-refractivity contribution in [2.24, 2.45) is 93.1 Å². The van der Waals surface area contributed by atoms with Gasteiger partial charge in [0.2, 0.25) is 5.82 Å². The highest BCUT2D eigenvalue weighted by molar-refractivity contribution is 6.61. The highest BCUT2D eigenvalue weighted by Crippen LogP contribution is 2.59. The second-order valence-corrected chi connectivity index (χ2v) is 39.2. The number of rotatable bonds is 22. The summed E-state index contributed by atoms with van der Waals surface area (Å²) in [5, 5.41) is 41.7. The van der Waals surface area contributed by atoms with Crippen molar-refractivity contribution in [3.8, 4) is 33.9 Å². The van der Waals surface area contributed by atoms with Gasteiger partial charge < -0.3 is 26.6 Å². The number of nitrogens with zero attached hydrogens (tertiary/aromatic N) is 10. The van der Waals surface area contributed by atoms with Gasteiger partial charge in [0.1, 0.15) is 0 Å². The molecule has 0 spiro atoms. The molecule has 0 saturated heterocycles. The van der Waals surface area contributed by atoms with Gasteiger partial charge in [0.15, 0.2) is 6.33 Å². The maximum atomic E-state index is 6.28. The molecule has 5 fully saturated rings. The van der Waals surface area contributed by atoms with Crippen LogP contribution in [0.3, 0.4) is 0 Å². The molecule has 4 heterocycles. The summed E-state index contributed by atoms with van der Waals surface area (Å²) in [5.41, 5.74) is 18.9. The number of aromatic nitrogens is 8. The van der Waals surface area contributed by atoms with E-state index in [0.29, 0.717) is 35.4 Å². The van der Waals surface area contributed by atoms with E-state index in [2.05, 4.69) is 232 Å². The Balaban J connectivity index is 0.000000149. The van der Waals surface area contributed by atoms with Gasteiger partial charge in [-0.25, -0.2) is 0 Å². The van der Waals surface area contributed by atoms with Crippen LogP contribution in [0.1, 0.15) is 211 Å². The summed E-state index contributed by atoms with van der Waals surface area (Å²) in [7, 11) is -1.67. The van der Waals surface area contributed by atoms with Crippen LogP contribution >= 0.6 is 0 Å². The molecule has 14 atom stereocenters. The third-order valence-electron chi connectivity index (χ3n) is 25.0. The van der Waals surface area contributed by atoms with Crippen molar-refractivity contribution in [3.63, 3.8) is 0 Å². The first-order chi connectivity index (χ1) is 52.2. The van der Waals surface area contributed by atoms with Crippen molar-refractivity contribution >= 4 is 29.5 Å². The fraction of sp³-hybridized carbons (Fsp3) is 0.587. The third-order valence-corrected chi connectivity index (χ3v) is 31.3. The molecule has 4 aromatic carbocycles. The number of hydrogen-bond acceptors (Lipinski definition) is 16. The van der Waals surface area contributed by atoms with E-state index in [9.17, 15) is 0 Å². The minimum atomic E-state index is -2.66. The van der Waals surface area contributed by atoms with E-state index in [1.54, 1.807) is 14.2 Å². The van der Waals surface area contributed by atoms with Crippen LogP contribution in [0.2, 0.25) is 12.1 Å². The zero-order chi connectivity index (χ0) is 76.2. The molecule has 5 saturated carbocycles. The zero-order valence-corrected chi connectivity index (χ0v) is 69.7. The molecule has 0 amide bonds. The zero-order valence-electron chi connectivity index (χ0n) is 67.7. The average Bonchev–Trinajstić information content (AvgIpc) is 1.58. The summed E-state index contributed by atoms with van der Waals surface area (Å²) in [6, 6.07) is 36.0. The van der Waals surface area contributed by atoms with Crippen molar-refractivity contribution in [3.05, 3.63) is 178 Å². The van der Waals surface area contributed by atoms with Crippen LogP contribution in [-0.2, 0) is 52.2 Å². The predicted molar refractivity (Wildman–Crippen MR) is 451 cm³/mol. The van der Waals surface area contributed by atoms with Crippen molar-refractivity contribution < 1.29 is 26.6 Å².